The van der Waals surface area contributed by atoms with E-state index < -0.39 is 0 Å². The summed E-state index contributed by atoms with van der Waals surface area (Å²) >= 11 is 3.57. The Balaban J connectivity index is 2.14. The largest absolute Gasteiger partial charge is 0.354 e. The van der Waals surface area contributed by atoms with Crippen LogP contribution in [0.15, 0.2) is 59.1 Å². The van der Waals surface area contributed by atoms with Gasteiger partial charge in [-0.1, -0.05) is 30.3 Å². The van der Waals surface area contributed by atoms with Crippen molar-refractivity contribution in [2.75, 3.05) is 5.32 Å². The first-order valence-electron chi connectivity index (χ1n) is 6.64. The highest BCUT2D eigenvalue weighted by Crippen LogP contribution is 2.32. The molecule has 0 spiro atoms. The van der Waals surface area contributed by atoms with E-state index in [0.29, 0.717) is 5.56 Å². The highest BCUT2D eigenvalue weighted by Gasteiger charge is 2.07. The second-order valence-corrected chi connectivity index (χ2v) is 5.78. The molecule has 0 aromatic heterocycles. The fourth-order valence-electron chi connectivity index (χ4n) is 2.39. The summed E-state index contributed by atoms with van der Waals surface area (Å²) in [4.78, 5) is 0. The quantitative estimate of drug-likeness (QED) is 0.668. The maximum atomic E-state index is 9.22. The summed E-state index contributed by atoms with van der Waals surface area (Å²) in [7, 11) is 0. The number of benzene rings is 3. The van der Waals surface area contributed by atoms with E-state index in [0.717, 1.165) is 26.6 Å². The highest BCUT2D eigenvalue weighted by atomic mass is 79.9. The van der Waals surface area contributed by atoms with Crippen LogP contribution in [-0.4, -0.2) is 0 Å². The Bertz CT molecular complexity index is 863. The Morgan fingerprint density at radius 1 is 0.952 bits per heavy atom. The molecule has 0 saturated heterocycles. The summed E-state index contributed by atoms with van der Waals surface area (Å²) in [6.07, 6.45) is 0. The van der Waals surface area contributed by atoms with Crippen LogP contribution in [0.1, 0.15) is 11.1 Å². The molecule has 102 valence electrons. The molecule has 0 radical (unpaired) electrons. The lowest BCUT2D eigenvalue weighted by Crippen LogP contribution is -1.94. The van der Waals surface area contributed by atoms with Crippen LogP contribution in [0.2, 0.25) is 0 Å². The summed E-state index contributed by atoms with van der Waals surface area (Å²) in [5.41, 5.74) is 3.90. The van der Waals surface area contributed by atoms with Gasteiger partial charge in [0.05, 0.1) is 17.3 Å². The molecule has 3 heteroatoms. The molecule has 1 N–H and O–H groups in total. The first kappa shape index (κ1) is 13.7. The number of hydrogen-bond donors (Lipinski definition) is 1. The predicted octanol–water partition coefficient (Wildman–Crippen LogP) is 5.53. The summed E-state index contributed by atoms with van der Waals surface area (Å²) in [5, 5.41) is 14.7. The van der Waals surface area contributed by atoms with Crippen molar-refractivity contribution in [3.05, 3.63) is 70.2 Å². The van der Waals surface area contributed by atoms with Gasteiger partial charge in [-0.15, -0.1) is 0 Å². The molecule has 21 heavy (non-hydrogen) atoms. The minimum Gasteiger partial charge on any atom is -0.354 e. The van der Waals surface area contributed by atoms with Gasteiger partial charge in [0.2, 0.25) is 0 Å². The first-order chi connectivity index (χ1) is 10.2. The zero-order chi connectivity index (χ0) is 14.8. The average Bonchev–Trinajstić information content (AvgIpc) is 2.51. The SMILES string of the molecule is Cc1ccc(Br)c(Nc2ccc(C#N)c3ccccc23)c1. The predicted molar refractivity (Wildman–Crippen MR) is 90.8 cm³/mol. The van der Waals surface area contributed by atoms with Crippen LogP contribution in [0, 0.1) is 18.3 Å². The summed E-state index contributed by atoms with van der Waals surface area (Å²) in [6.45, 7) is 2.06. The van der Waals surface area contributed by atoms with Gasteiger partial charge in [0, 0.05) is 20.9 Å². The van der Waals surface area contributed by atoms with E-state index in [-0.39, 0.29) is 0 Å². The van der Waals surface area contributed by atoms with Gasteiger partial charge in [-0.3, -0.25) is 0 Å². The van der Waals surface area contributed by atoms with Crippen LogP contribution in [0.3, 0.4) is 0 Å². The third-order valence-corrected chi connectivity index (χ3v) is 4.13. The smallest absolute Gasteiger partial charge is 0.0998 e. The highest BCUT2D eigenvalue weighted by molar-refractivity contribution is 9.10. The van der Waals surface area contributed by atoms with E-state index >= 15 is 0 Å². The zero-order valence-electron chi connectivity index (χ0n) is 11.5. The van der Waals surface area contributed by atoms with Gasteiger partial charge >= 0.3 is 0 Å². The van der Waals surface area contributed by atoms with Crippen LogP contribution < -0.4 is 5.32 Å². The van der Waals surface area contributed by atoms with Gasteiger partial charge in [-0.05, 0) is 52.7 Å². The Hall–Kier alpha value is -2.31. The van der Waals surface area contributed by atoms with Gasteiger partial charge in [0.25, 0.3) is 0 Å². The third kappa shape index (κ3) is 2.63. The molecule has 0 atom stereocenters. The van der Waals surface area contributed by atoms with Crippen LogP contribution >= 0.6 is 15.9 Å². The van der Waals surface area contributed by atoms with E-state index in [2.05, 4.69) is 46.4 Å². The lowest BCUT2D eigenvalue weighted by molar-refractivity contribution is 1.43. The van der Waals surface area contributed by atoms with E-state index in [1.807, 2.05) is 42.5 Å². The number of fused-ring (bicyclic) bond motifs is 1. The number of nitrogens with zero attached hydrogens (tertiary/aromatic N) is 1. The van der Waals surface area contributed by atoms with Gasteiger partial charge < -0.3 is 5.32 Å². The molecule has 2 nitrogen and oxygen atoms in total. The monoisotopic (exact) mass is 336 g/mol. The van der Waals surface area contributed by atoms with Crippen LogP contribution in [0.25, 0.3) is 10.8 Å². The molecule has 0 unspecified atom stereocenters. The molecule has 0 fully saturated rings. The van der Waals surface area contributed by atoms with Gasteiger partial charge in [-0.2, -0.15) is 5.26 Å². The van der Waals surface area contributed by atoms with Crippen molar-refractivity contribution >= 4 is 38.1 Å². The van der Waals surface area contributed by atoms with Gasteiger partial charge in [0.15, 0.2) is 0 Å². The van der Waals surface area contributed by atoms with Crippen molar-refractivity contribution < 1.29 is 0 Å². The fourth-order valence-corrected chi connectivity index (χ4v) is 2.73. The van der Waals surface area contributed by atoms with Crippen molar-refractivity contribution in [1.29, 1.82) is 5.26 Å². The lowest BCUT2D eigenvalue weighted by atomic mass is 10.0. The number of nitrogens with one attached hydrogen (secondary N) is 1. The number of anilines is 2. The van der Waals surface area contributed by atoms with Crippen LogP contribution in [0.5, 0.6) is 0 Å². The molecule has 0 aliphatic heterocycles. The standard InChI is InChI=1S/C18H13BrN2/c1-12-6-8-16(19)18(10-12)21-17-9-7-13(11-20)14-4-2-3-5-15(14)17/h2-10,21H,1H3. The second kappa shape index (κ2) is 5.59. The van der Waals surface area contributed by atoms with Crippen molar-refractivity contribution in [2.45, 2.75) is 6.92 Å². The topological polar surface area (TPSA) is 35.8 Å². The molecule has 0 saturated carbocycles. The van der Waals surface area contributed by atoms with Crippen molar-refractivity contribution in [3.8, 4) is 6.07 Å². The molecular weight excluding hydrogens is 324 g/mol. The molecule has 0 bridgehead atoms. The Kier molecular flexibility index (Phi) is 3.64. The molecule has 3 aromatic rings. The molecule has 0 aliphatic carbocycles. The molecule has 0 amide bonds. The molecule has 3 aromatic carbocycles. The lowest BCUT2D eigenvalue weighted by Gasteiger charge is -2.13. The molecule has 0 heterocycles. The number of rotatable bonds is 2. The van der Waals surface area contributed by atoms with Crippen molar-refractivity contribution in [2.24, 2.45) is 0 Å². The summed E-state index contributed by atoms with van der Waals surface area (Å²) in [6, 6.07) is 20.2. The molecular formula is C18H13BrN2. The van der Waals surface area contributed by atoms with Crippen LogP contribution in [0.4, 0.5) is 11.4 Å². The van der Waals surface area contributed by atoms with E-state index in [1.54, 1.807) is 0 Å². The number of hydrogen-bond acceptors (Lipinski definition) is 2. The molecule has 3 rings (SSSR count). The number of halogens is 1. The summed E-state index contributed by atoms with van der Waals surface area (Å²) in [5.74, 6) is 0. The van der Waals surface area contributed by atoms with E-state index in [1.165, 1.54) is 5.56 Å². The van der Waals surface area contributed by atoms with Gasteiger partial charge in [0.1, 0.15) is 0 Å². The Morgan fingerprint density at radius 3 is 2.48 bits per heavy atom. The second-order valence-electron chi connectivity index (χ2n) is 4.93. The maximum Gasteiger partial charge on any atom is 0.0998 e. The fraction of sp³-hybridized carbons (Fsp3) is 0.0556. The Morgan fingerprint density at radius 2 is 1.71 bits per heavy atom. The number of aryl methyl sites for hydroxylation is 1. The molecule has 0 aliphatic rings. The van der Waals surface area contributed by atoms with Gasteiger partial charge in [-0.25, -0.2) is 0 Å². The summed E-state index contributed by atoms with van der Waals surface area (Å²) < 4.78 is 1.02. The van der Waals surface area contributed by atoms with Crippen LogP contribution in [-0.2, 0) is 0 Å². The van der Waals surface area contributed by atoms with E-state index in [9.17, 15) is 5.26 Å². The zero-order valence-corrected chi connectivity index (χ0v) is 13.1. The first-order valence-corrected chi connectivity index (χ1v) is 7.43. The minimum atomic E-state index is 0.694. The van der Waals surface area contributed by atoms with Crippen molar-refractivity contribution in [3.63, 3.8) is 0 Å². The van der Waals surface area contributed by atoms with E-state index in [4.69, 9.17) is 0 Å². The third-order valence-electron chi connectivity index (χ3n) is 3.44. The average molecular weight is 337 g/mol. The Labute approximate surface area is 132 Å². The minimum absolute atomic E-state index is 0.694. The normalized spacial score (nSPS) is 10.3. The van der Waals surface area contributed by atoms with Crippen molar-refractivity contribution in [1.82, 2.24) is 0 Å². The maximum absolute atomic E-state index is 9.22. The number of nitriles is 1.